The van der Waals surface area contributed by atoms with Gasteiger partial charge in [-0.25, -0.2) is 0 Å². The van der Waals surface area contributed by atoms with E-state index in [9.17, 15) is 4.79 Å². The molecule has 0 heterocycles. The van der Waals surface area contributed by atoms with Gasteiger partial charge in [-0.15, -0.1) is 0 Å². The Hall–Kier alpha value is -1.80. The van der Waals surface area contributed by atoms with Gasteiger partial charge >= 0.3 is 5.97 Å². The predicted molar refractivity (Wildman–Crippen MR) is 70.7 cm³/mol. The number of carbonyl (C=O) groups is 1. The van der Waals surface area contributed by atoms with E-state index < -0.39 is 0 Å². The summed E-state index contributed by atoms with van der Waals surface area (Å²) in [6, 6.07) is 13.5. The number of esters is 1. The number of rotatable bonds is 1. The Kier molecular flexibility index (Phi) is 2.60. The van der Waals surface area contributed by atoms with Crippen molar-refractivity contribution in [3.8, 4) is 11.1 Å². The quantitative estimate of drug-likeness (QED) is 0.730. The average Bonchev–Trinajstić information content (AvgIpc) is 2.73. The minimum absolute atomic E-state index is 0.247. The maximum Gasteiger partial charge on any atom is 0.317 e. The van der Waals surface area contributed by atoms with E-state index in [0.29, 0.717) is 5.02 Å². The van der Waals surface area contributed by atoms with Crippen molar-refractivity contribution in [2.75, 3.05) is 7.11 Å². The molecule has 90 valence electrons. The van der Waals surface area contributed by atoms with Crippen molar-refractivity contribution in [3.63, 3.8) is 0 Å². The van der Waals surface area contributed by atoms with Gasteiger partial charge in [0.1, 0.15) is 5.92 Å². The molecule has 3 rings (SSSR count). The first kappa shape index (κ1) is 11.3. The zero-order valence-corrected chi connectivity index (χ0v) is 10.6. The molecule has 3 heteroatoms. The van der Waals surface area contributed by atoms with E-state index in [2.05, 4.69) is 0 Å². The monoisotopic (exact) mass is 258 g/mol. The molecule has 1 aliphatic rings. The molecule has 18 heavy (non-hydrogen) atoms. The van der Waals surface area contributed by atoms with Crippen LogP contribution < -0.4 is 0 Å². The van der Waals surface area contributed by atoms with E-state index in [4.69, 9.17) is 16.3 Å². The van der Waals surface area contributed by atoms with Gasteiger partial charge in [-0.2, -0.15) is 0 Å². The summed E-state index contributed by atoms with van der Waals surface area (Å²) in [4.78, 5) is 12.0. The highest BCUT2D eigenvalue weighted by Crippen LogP contribution is 2.48. The molecule has 1 aliphatic carbocycles. The van der Waals surface area contributed by atoms with Gasteiger partial charge in [0.05, 0.1) is 7.11 Å². The van der Waals surface area contributed by atoms with Gasteiger partial charge in [0.25, 0.3) is 0 Å². The Bertz CT molecular complexity index is 634. The number of hydrogen-bond donors (Lipinski definition) is 0. The summed E-state index contributed by atoms with van der Waals surface area (Å²) >= 11 is 6.26. The van der Waals surface area contributed by atoms with Crippen molar-refractivity contribution in [2.45, 2.75) is 5.92 Å². The molecule has 1 unspecified atom stereocenters. The topological polar surface area (TPSA) is 26.3 Å². The zero-order valence-electron chi connectivity index (χ0n) is 9.81. The SMILES string of the molecule is COC(=O)C1c2ccccc2-c2c(Cl)cccc21. The highest BCUT2D eigenvalue weighted by atomic mass is 35.5. The second kappa shape index (κ2) is 4.14. The Labute approximate surface area is 110 Å². The molecule has 0 bridgehead atoms. The molecule has 2 nitrogen and oxygen atoms in total. The standard InChI is InChI=1S/C15H11ClO2/c1-18-15(17)14-10-6-3-2-5-9(10)13-11(14)7-4-8-12(13)16/h2-8,14H,1H3. The third-order valence-electron chi connectivity index (χ3n) is 3.33. The molecule has 0 fully saturated rings. The summed E-state index contributed by atoms with van der Waals surface area (Å²) in [5.74, 6) is -0.608. The maximum atomic E-state index is 12.0. The number of methoxy groups -OCH3 is 1. The second-order valence-electron chi connectivity index (χ2n) is 4.25. The normalized spacial score (nSPS) is 16.0. The molecule has 0 radical (unpaired) electrons. The Balaban J connectivity index is 2.32. The summed E-state index contributed by atoms with van der Waals surface area (Å²) in [5, 5.41) is 0.673. The van der Waals surface area contributed by atoms with Gasteiger partial charge in [-0.05, 0) is 22.8 Å². The van der Waals surface area contributed by atoms with Crippen LogP contribution in [0.2, 0.25) is 5.02 Å². The molecule has 2 aromatic carbocycles. The molecule has 0 saturated heterocycles. The van der Waals surface area contributed by atoms with E-state index in [-0.39, 0.29) is 11.9 Å². The number of benzene rings is 2. The minimum atomic E-state index is -0.361. The van der Waals surface area contributed by atoms with Gasteiger partial charge in [0.15, 0.2) is 0 Å². The van der Waals surface area contributed by atoms with Crippen molar-refractivity contribution < 1.29 is 9.53 Å². The largest absolute Gasteiger partial charge is 0.468 e. The van der Waals surface area contributed by atoms with Crippen molar-refractivity contribution >= 4 is 17.6 Å². The third kappa shape index (κ3) is 1.46. The number of fused-ring (bicyclic) bond motifs is 3. The molecular weight excluding hydrogens is 248 g/mol. The van der Waals surface area contributed by atoms with Gasteiger partial charge in [0, 0.05) is 10.6 Å². The minimum Gasteiger partial charge on any atom is -0.468 e. The first-order valence-electron chi connectivity index (χ1n) is 5.69. The highest BCUT2D eigenvalue weighted by molar-refractivity contribution is 6.34. The first-order chi connectivity index (χ1) is 8.74. The first-order valence-corrected chi connectivity index (χ1v) is 6.07. The summed E-state index contributed by atoms with van der Waals surface area (Å²) in [6.07, 6.45) is 0. The van der Waals surface area contributed by atoms with E-state index in [1.807, 2.05) is 42.5 Å². The van der Waals surface area contributed by atoms with E-state index in [1.165, 1.54) is 7.11 Å². The van der Waals surface area contributed by atoms with Crippen molar-refractivity contribution in [1.29, 1.82) is 0 Å². The van der Waals surface area contributed by atoms with Crippen LogP contribution in [0, 0.1) is 0 Å². The van der Waals surface area contributed by atoms with Crippen molar-refractivity contribution in [3.05, 3.63) is 58.6 Å². The van der Waals surface area contributed by atoms with Gasteiger partial charge in [-0.3, -0.25) is 4.79 Å². The van der Waals surface area contributed by atoms with Crippen LogP contribution in [0.15, 0.2) is 42.5 Å². The van der Waals surface area contributed by atoms with Gasteiger partial charge in [0.2, 0.25) is 0 Å². The maximum absolute atomic E-state index is 12.0. The van der Waals surface area contributed by atoms with Crippen LogP contribution >= 0.6 is 11.6 Å². The van der Waals surface area contributed by atoms with Crippen LogP contribution in [0.25, 0.3) is 11.1 Å². The Morgan fingerprint density at radius 3 is 2.61 bits per heavy atom. The average molecular weight is 259 g/mol. The second-order valence-corrected chi connectivity index (χ2v) is 4.65. The molecule has 0 aliphatic heterocycles. The van der Waals surface area contributed by atoms with Gasteiger partial charge in [-0.1, -0.05) is 48.0 Å². The molecule has 0 N–H and O–H groups in total. The lowest BCUT2D eigenvalue weighted by molar-refractivity contribution is -0.141. The molecule has 2 aromatic rings. The molecule has 0 saturated carbocycles. The van der Waals surface area contributed by atoms with E-state index in [0.717, 1.165) is 22.3 Å². The van der Waals surface area contributed by atoms with E-state index >= 15 is 0 Å². The summed E-state index contributed by atoms with van der Waals surface area (Å²) in [6.45, 7) is 0. The Morgan fingerprint density at radius 2 is 1.83 bits per heavy atom. The lowest BCUT2D eigenvalue weighted by atomic mass is 9.97. The van der Waals surface area contributed by atoms with E-state index in [1.54, 1.807) is 0 Å². The van der Waals surface area contributed by atoms with Gasteiger partial charge < -0.3 is 4.74 Å². The molecule has 0 spiro atoms. The van der Waals surface area contributed by atoms with Crippen LogP contribution in [-0.2, 0) is 9.53 Å². The molecule has 0 aromatic heterocycles. The lowest BCUT2D eigenvalue weighted by Gasteiger charge is -2.10. The fourth-order valence-corrected chi connectivity index (χ4v) is 2.86. The van der Waals surface area contributed by atoms with Crippen LogP contribution in [0.3, 0.4) is 0 Å². The smallest absolute Gasteiger partial charge is 0.317 e. The lowest BCUT2D eigenvalue weighted by Crippen LogP contribution is -2.12. The summed E-state index contributed by atoms with van der Waals surface area (Å²) < 4.78 is 4.91. The Morgan fingerprint density at radius 1 is 1.11 bits per heavy atom. The van der Waals surface area contributed by atoms with Crippen LogP contribution in [0.5, 0.6) is 0 Å². The third-order valence-corrected chi connectivity index (χ3v) is 3.65. The highest BCUT2D eigenvalue weighted by Gasteiger charge is 2.35. The van der Waals surface area contributed by atoms with Crippen LogP contribution in [0.1, 0.15) is 17.0 Å². The summed E-state index contributed by atoms with van der Waals surface area (Å²) in [7, 11) is 1.41. The molecule has 1 atom stereocenters. The number of hydrogen-bond acceptors (Lipinski definition) is 2. The number of ether oxygens (including phenoxy) is 1. The van der Waals surface area contributed by atoms with Crippen LogP contribution in [0.4, 0.5) is 0 Å². The summed E-state index contributed by atoms with van der Waals surface area (Å²) in [5.41, 5.74) is 3.86. The molecular formula is C15H11ClO2. The predicted octanol–water partition coefficient (Wildman–Crippen LogP) is 3.63. The zero-order chi connectivity index (χ0) is 12.7. The fraction of sp³-hybridized carbons (Fsp3) is 0.133. The fourth-order valence-electron chi connectivity index (χ4n) is 2.58. The van der Waals surface area contributed by atoms with Crippen molar-refractivity contribution in [1.82, 2.24) is 0 Å². The molecule has 0 amide bonds. The van der Waals surface area contributed by atoms with Crippen LogP contribution in [-0.4, -0.2) is 13.1 Å². The van der Waals surface area contributed by atoms with Crippen molar-refractivity contribution in [2.24, 2.45) is 0 Å². The number of carbonyl (C=O) groups excluding carboxylic acids is 1. The number of halogens is 1.